The highest BCUT2D eigenvalue weighted by molar-refractivity contribution is 7.79. The molecule has 1 aromatic carbocycles. The lowest BCUT2D eigenvalue weighted by Gasteiger charge is -2.08. The fourth-order valence-corrected chi connectivity index (χ4v) is 3.35. The van der Waals surface area contributed by atoms with Crippen molar-refractivity contribution in [1.29, 1.82) is 0 Å². The summed E-state index contributed by atoms with van der Waals surface area (Å²) in [6, 6.07) is 8.96. The number of fused-ring (bicyclic) bond motifs is 1. The SMILES string of the molecule is Cc1cc(C)c2nc(-c3cc(CS)nn3-c3ncccc3Cl)oc(=O)c2c1. The predicted molar refractivity (Wildman–Crippen MR) is 108 cm³/mol. The molecule has 0 saturated carbocycles. The number of halogens is 1. The molecule has 0 saturated heterocycles. The summed E-state index contributed by atoms with van der Waals surface area (Å²) < 4.78 is 7.05. The maximum atomic E-state index is 12.6. The average molecular weight is 399 g/mol. The second-order valence-corrected chi connectivity index (χ2v) is 6.91. The summed E-state index contributed by atoms with van der Waals surface area (Å²) in [7, 11) is 0. The first kappa shape index (κ1) is 17.8. The first-order valence-electron chi connectivity index (χ1n) is 8.21. The van der Waals surface area contributed by atoms with Gasteiger partial charge in [-0.3, -0.25) is 0 Å². The summed E-state index contributed by atoms with van der Waals surface area (Å²) in [5, 5.41) is 5.34. The molecule has 0 spiro atoms. The number of rotatable bonds is 3. The van der Waals surface area contributed by atoms with Gasteiger partial charge >= 0.3 is 5.63 Å². The summed E-state index contributed by atoms with van der Waals surface area (Å²) in [5.74, 6) is 0.981. The smallest absolute Gasteiger partial charge is 0.347 e. The maximum Gasteiger partial charge on any atom is 0.347 e. The highest BCUT2D eigenvalue weighted by atomic mass is 35.5. The minimum atomic E-state index is -0.450. The zero-order valence-electron chi connectivity index (χ0n) is 14.6. The molecule has 0 aliphatic rings. The van der Waals surface area contributed by atoms with E-state index in [4.69, 9.17) is 16.0 Å². The zero-order chi connectivity index (χ0) is 19.1. The van der Waals surface area contributed by atoms with Gasteiger partial charge in [0.05, 0.1) is 21.6 Å². The molecule has 6 nitrogen and oxygen atoms in total. The Kier molecular flexibility index (Phi) is 4.49. The van der Waals surface area contributed by atoms with Crippen molar-refractivity contribution in [1.82, 2.24) is 19.7 Å². The summed E-state index contributed by atoms with van der Waals surface area (Å²) >= 11 is 10.6. The second kappa shape index (κ2) is 6.83. The topological polar surface area (TPSA) is 73.8 Å². The summed E-state index contributed by atoms with van der Waals surface area (Å²) in [4.78, 5) is 21.5. The van der Waals surface area contributed by atoms with Crippen LogP contribution in [-0.2, 0) is 5.75 Å². The van der Waals surface area contributed by atoms with E-state index in [2.05, 4.69) is 27.7 Å². The number of hydrogen-bond donors (Lipinski definition) is 1. The molecular weight excluding hydrogens is 384 g/mol. The Morgan fingerprint density at radius 2 is 2.07 bits per heavy atom. The lowest BCUT2D eigenvalue weighted by Crippen LogP contribution is -2.08. The number of aryl methyl sites for hydroxylation is 2. The second-order valence-electron chi connectivity index (χ2n) is 6.18. The largest absolute Gasteiger partial charge is 0.401 e. The van der Waals surface area contributed by atoms with Crippen molar-refractivity contribution in [2.75, 3.05) is 0 Å². The van der Waals surface area contributed by atoms with Crippen molar-refractivity contribution >= 4 is 35.1 Å². The van der Waals surface area contributed by atoms with Gasteiger partial charge in [-0.1, -0.05) is 17.7 Å². The van der Waals surface area contributed by atoms with Crippen LogP contribution >= 0.6 is 24.2 Å². The van der Waals surface area contributed by atoms with Gasteiger partial charge in [0.25, 0.3) is 0 Å². The third-order valence-corrected chi connectivity index (χ3v) is 4.77. The third-order valence-electron chi connectivity index (χ3n) is 4.15. The molecule has 3 aromatic heterocycles. The zero-order valence-corrected chi connectivity index (χ0v) is 16.3. The fourth-order valence-electron chi connectivity index (χ4n) is 3.00. The van der Waals surface area contributed by atoms with Crippen LogP contribution in [0.3, 0.4) is 0 Å². The van der Waals surface area contributed by atoms with Crippen LogP contribution in [0.4, 0.5) is 0 Å². The van der Waals surface area contributed by atoms with Crippen LogP contribution in [0.2, 0.25) is 5.02 Å². The lowest BCUT2D eigenvalue weighted by molar-refractivity contribution is 0.513. The fraction of sp³-hybridized carbons (Fsp3) is 0.158. The van der Waals surface area contributed by atoms with Crippen LogP contribution in [0, 0.1) is 13.8 Å². The van der Waals surface area contributed by atoms with Crippen LogP contribution in [0.15, 0.2) is 45.7 Å². The molecule has 0 unspecified atom stereocenters. The average Bonchev–Trinajstić information content (AvgIpc) is 3.07. The monoisotopic (exact) mass is 398 g/mol. The maximum absolute atomic E-state index is 12.6. The minimum absolute atomic E-state index is 0.154. The van der Waals surface area contributed by atoms with Gasteiger partial charge in [0.15, 0.2) is 5.82 Å². The Morgan fingerprint density at radius 1 is 1.26 bits per heavy atom. The predicted octanol–water partition coefficient (Wildman–Crippen LogP) is 4.14. The first-order chi connectivity index (χ1) is 13.0. The van der Waals surface area contributed by atoms with Crippen molar-refractivity contribution in [3.8, 4) is 17.4 Å². The number of aromatic nitrogens is 4. The van der Waals surface area contributed by atoms with Gasteiger partial charge in [-0.2, -0.15) is 17.7 Å². The van der Waals surface area contributed by atoms with Gasteiger partial charge in [0.1, 0.15) is 5.69 Å². The normalized spacial score (nSPS) is 11.3. The van der Waals surface area contributed by atoms with Crippen LogP contribution in [-0.4, -0.2) is 19.7 Å². The quantitative estimate of drug-likeness (QED) is 0.525. The van der Waals surface area contributed by atoms with Gasteiger partial charge in [-0.25, -0.2) is 19.4 Å². The summed E-state index contributed by atoms with van der Waals surface area (Å²) in [5.41, 5.74) is 3.19. The van der Waals surface area contributed by atoms with E-state index in [1.807, 2.05) is 19.9 Å². The number of pyridine rings is 1. The lowest BCUT2D eigenvalue weighted by atomic mass is 10.1. The number of thiol groups is 1. The highest BCUT2D eigenvalue weighted by Gasteiger charge is 2.19. The molecule has 0 bridgehead atoms. The van der Waals surface area contributed by atoms with Crippen LogP contribution < -0.4 is 5.63 Å². The van der Waals surface area contributed by atoms with E-state index in [0.717, 1.165) is 11.1 Å². The molecule has 0 fully saturated rings. The molecule has 0 aliphatic heterocycles. The number of hydrogen-bond acceptors (Lipinski definition) is 6. The molecule has 0 aliphatic carbocycles. The van der Waals surface area contributed by atoms with Crippen molar-refractivity contribution in [2.24, 2.45) is 0 Å². The van der Waals surface area contributed by atoms with Gasteiger partial charge in [0, 0.05) is 11.9 Å². The van der Waals surface area contributed by atoms with Crippen molar-refractivity contribution < 1.29 is 4.42 Å². The Labute approximate surface area is 165 Å². The van der Waals surface area contributed by atoms with E-state index in [1.54, 1.807) is 30.5 Å². The van der Waals surface area contributed by atoms with Gasteiger partial charge in [-0.15, -0.1) is 0 Å². The van der Waals surface area contributed by atoms with E-state index < -0.39 is 5.63 Å². The van der Waals surface area contributed by atoms with E-state index in [-0.39, 0.29) is 5.89 Å². The molecule has 27 heavy (non-hydrogen) atoms. The van der Waals surface area contributed by atoms with Gasteiger partial charge in [-0.05, 0) is 49.2 Å². The van der Waals surface area contributed by atoms with Crippen LogP contribution in [0.5, 0.6) is 0 Å². The van der Waals surface area contributed by atoms with E-state index in [1.165, 1.54) is 4.68 Å². The molecule has 4 rings (SSSR count). The van der Waals surface area contributed by atoms with Crippen LogP contribution in [0.25, 0.3) is 28.3 Å². The Morgan fingerprint density at radius 3 is 2.81 bits per heavy atom. The van der Waals surface area contributed by atoms with E-state index in [0.29, 0.717) is 38.9 Å². The standard InChI is InChI=1S/C19H15ClN4O2S/c1-10-6-11(2)16-13(7-10)19(25)26-18(22-16)15-8-12(9-27)23-24(15)17-14(20)4-3-5-21-17/h3-8,27H,9H2,1-2H3. The van der Waals surface area contributed by atoms with E-state index >= 15 is 0 Å². The van der Waals surface area contributed by atoms with Gasteiger partial charge in [0.2, 0.25) is 5.89 Å². The Balaban J connectivity index is 2.01. The minimum Gasteiger partial charge on any atom is -0.401 e. The molecular formula is C19H15ClN4O2S. The molecule has 0 N–H and O–H groups in total. The molecule has 0 amide bonds. The molecule has 3 heterocycles. The summed E-state index contributed by atoms with van der Waals surface area (Å²) in [6.07, 6.45) is 1.62. The molecule has 136 valence electrons. The molecule has 0 radical (unpaired) electrons. The van der Waals surface area contributed by atoms with Crippen LogP contribution in [0.1, 0.15) is 16.8 Å². The third kappa shape index (κ3) is 3.13. The first-order valence-corrected chi connectivity index (χ1v) is 9.22. The highest BCUT2D eigenvalue weighted by Crippen LogP contribution is 2.27. The molecule has 0 atom stereocenters. The van der Waals surface area contributed by atoms with Gasteiger partial charge < -0.3 is 4.42 Å². The molecule has 8 heteroatoms. The number of benzene rings is 1. The summed E-state index contributed by atoms with van der Waals surface area (Å²) in [6.45, 7) is 3.84. The molecule has 4 aromatic rings. The van der Waals surface area contributed by atoms with Crippen molar-refractivity contribution in [3.05, 3.63) is 68.8 Å². The Hall–Kier alpha value is -2.64. The van der Waals surface area contributed by atoms with Crippen molar-refractivity contribution in [2.45, 2.75) is 19.6 Å². The van der Waals surface area contributed by atoms with Crippen molar-refractivity contribution in [3.63, 3.8) is 0 Å². The number of nitrogens with zero attached hydrogens (tertiary/aromatic N) is 4. The Bertz CT molecular complexity index is 1230. The van der Waals surface area contributed by atoms with E-state index in [9.17, 15) is 4.79 Å².